The molecule has 1 aliphatic heterocycles. The van der Waals surface area contributed by atoms with Gasteiger partial charge in [0, 0.05) is 17.2 Å². The average molecular weight is 203 g/mol. The molecule has 0 radical (unpaired) electrons. The van der Waals surface area contributed by atoms with Crippen molar-refractivity contribution in [2.75, 3.05) is 12.3 Å². The summed E-state index contributed by atoms with van der Waals surface area (Å²) in [5, 5.41) is 0. The molecule has 0 bridgehead atoms. The third-order valence-electron chi connectivity index (χ3n) is 3.83. The number of rotatable bonds is 0. The molecule has 1 heterocycles. The first kappa shape index (κ1) is 9.08. The number of nitrogen functional groups attached to an aromatic ring is 1. The molecule has 2 nitrogen and oxygen atoms in total. The van der Waals surface area contributed by atoms with E-state index in [2.05, 4.69) is 6.07 Å². The molecule has 2 atom stereocenters. The van der Waals surface area contributed by atoms with Crippen molar-refractivity contribution in [3.05, 3.63) is 23.8 Å². The first-order valence-electron chi connectivity index (χ1n) is 5.87. The van der Waals surface area contributed by atoms with E-state index in [-0.39, 0.29) is 0 Å². The second-order valence-corrected chi connectivity index (χ2v) is 4.72. The summed E-state index contributed by atoms with van der Waals surface area (Å²) < 4.78 is 5.79. The molecule has 3 rings (SSSR count). The SMILES string of the molecule is Nc1cccc2c1C1CCCCC1CO2. The molecule has 2 aliphatic rings. The van der Waals surface area contributed by atoms with Gasteiger partial charge in [-0.25, -0.2) is 0 Å². The van der Waals surface area contributed by atoms with E-state index in [1.807, 2.05) is 12.1 Å². The lowest BCUT2D eigenvalue weighted by Crippen LogP contribution is -2.29. The van der Waals surface area contributed by atoms with Crippen LogP contribution in [0.5, 0.6) is 5.75 Å². The molecular formula is C13H17NO. The lowest BCUT2D eigenvalue weighted by Gasteiger charge is -2.37. The number of ether oxygens (including phenoxy) is 1. The smallest absolute Gasteiger partial charge is 0.124 e. The Kier molecular flexibility index (Phi) is 2.08. The Hall–Kier alpha value is -1.18. The predicted octanol–water partition coefficient (Wildman–Crippen LogP) is 2.94. The van der Waals surface area contributed by atoms with E-state index < -0.39 is 0 Å². The largest absolute Gasteiger partial charge is 0.493 e. The molecule has 80 valence electrons. The molecule has 0 amide bonds. The molecule has 1 aromatic rings. The van der Waals surface area contributed by atoms with E-state index in [4.69, 9.17) is 10.5 Å². The first-order valence-corrected chi connectivity index (χ1v) is 5.87. The van der Waals surface area contributed by atoms with Gasteiger partial charge in [0.15, 0.2) is 0 Å². The number of benzene rings is 1. The molecule has 0 aromatic heterocycles. The van der Waals surface area contributed by atoms with Crippen LogP contribution in [0.25, 0.3) is 0 Å². The Morgan fingerprint density at radius 3 is 3.00 bits per heavy atom. The lowest BCUT2D eigenvalue weighted by atomic mass is 9.74. The van der Waals surface area contributed by atoms with Gasteiger partial charge in [-0.3, -0.25) is 0 Å². The normalized spacial score (nSPS) is 28.8. The van der Waals surface area contributed by atoms with Gasteiger partial charge < -0.3 is 10.5 Å². The summed E-state index contributed by atoms with van der Waals surface area (Å²) in [4.78, 5) is 0. The van der Waals surface area contributed by atoms with Crippen LogP contribution in [0.4, 0.5) is 5.69 Å². The van der Waals surface area contributed by atoms with Crippen molar-refractivity contribution in [3.8, 4) is 5.75 Å². The number of hydrogen-bond donors (Lipinski definition) is 1. The van der Waals surface area contributed by atoms with E-state index >= 15 is 0 Å². The van der Waals surface area contributed by atoms with Crippen molar-refractivity contribution in [1.29, 1.82) is 0 Å². The highest BCUT2D eigenvalue weighted by atomic mass is 16.5. The van der Waals surface area contributed by atoms with Crippen LogP contribution in [0, 0.1) is 5.92 Å². The highest BCUT2D eigenvalue weighted by Gasteiger charge is 2.33. The topological polar surface area (TPSA) is 35.2 Å². The van der Waals surface area contributed by atoms with Crippen molar-refractivity contribution in [3.63, 3.8) is 0 Å². The second kappa shape index (κ2) is 3.44. The van der Waals surface area contributed by atoms with Gasteiger partial charge in [0.05, 0.1) is 6.61 Å². The minimum absolute atomic E-state index is 0.656. The molecule has 1 aliphatic carbocycles. The van der Waals surface area contributed by atoms with E-state index in [0.29, 0.717) is 11.8 Å². The summed E-state index contributed by atoms with van der Waals surface area (Å²) in [6.07, 6.45) is 5.29. The van der Waals surface area contributed by atoms with Crippen LogP contribution in [-0.2, 0) is 0 Å². The molecule has 2 N–H and O–H groups in total. The third kappa shape index (κ3) is 1.39. The summed E-state index contributed by atoms with van der Waals surface area (Å²) in [6.45, 7) is 0.890. The maximum atomic E-state index is 6.07. The van der Waals surface area contributed by atoms with Crippen molar-refractivity contribution in [2.45, 2.75) is 31.6 Å². The average Bonchev–Trinajstić information content (AvgIpc) is 2.29. The van der Waals surface area contributed by atoms with Crippen molar-refractivity contribution < 1.29 is 4.74 Å². The number of nitrogens with two attached hydrogens (primary N) is 1. The Morgan fingerprint density at radius 2 is 2.07 bits per heavy atom. The minimum Gasteiger partial charge on any atom is -0.493 e. The van der Waals surface area contributed by atoms with Gasteiger partial charge in [-0.1, -0.05) is 18.9 Å². The van der Waals surface area contributed by atoms with Crippen LogP contribution in [0.1, 0.15) is 37.2 Å². The van der Waals surface area contributed by atoms with Gasteiger partial charge in [-0.05, 0) is 30.9 Å². The molecule has 0 saturated heterocycles. The van der Waals surface area contributed by atoms with Crippen LogP contribution in [-0.4, -0.2) is 6.61 Å². The molecule has 0 spiro atoms. The molecule has 2 unspecified atom stereocenters. The standard InChI is InChI=1S/C13H17NO/c14-11-6-3-7-12-13(11)10-5-2-1-4-9(10)8-15-12/h3,6-7,9-10H,1-2,4-5,8,14H2. The van der Waals surface area contributed by atoms with Crippen LogP contribution < -0.4 is 10.5 Å². The van der Waals surface area contributed by atoms with Gasteiger partial charge in [-0.15, -0.1) is 0 Å². The van der Waals surface area contributed by atoms with Crippen molar-refractivity contribution in [1.82, 2.24) is 0 Å². The highest BCUT2D eigenvalue weighted by Crippen LogP contribution is 2.47. The van der Waals surface area contributed by atoms with Crippen LogP contribution in [0.15, 0.2) is 18.2 Å². The summed E-state index contributed by atoms with van der Waals surface area (Å²) in [5.74, 6) is 2.39. The molecule has 1 saturated carbocycles. The van der Waals surface area contributed by atoms with Crippen molar-refractivity contribution >= 4 is 5.69 Å². The molecule has 1 aromatic carbocycles. The fourth-order valence-electron chi connectivity index (χ4n) is 3.07. The minimum atomic E-state index is 0.656. The monoisotopic (exact) mass is 203 g/mol. The van der Waals surface area contributed by atoms with E-state index in [0.717, 1.165) is 18.0 Å². The summed E-state index contributed by atoms with van der Waals surface area (Å²) >= 11 is 0. The Morgan fingerprint density at radius 1 is 1.20 bits per heavy atom. The summed E-state index contributed by atoms with van der Waals surface area (Å²) in [5.41, 5.74) is 8.27. The van der Waals surface area contributed by atoms with Gasteiger partial charge in [-0.2, -0.15) is 0 Å². The highest BCUT2D eigenvalue weighted by molar-refractivity contribution is 5.57. The quantitative estimate of drug-likeness (QED) is 0.658. The van der Waals surface area contributed by atoms with Gasteiger partial charge in [0.25, 0.3) is 0 Å². The number of fused-ring (bicyclic) bond motifs is 3. The zero-order valence-electron chi connectivity index (χ0n) is 8.91. The van der Waals surface area contributed by atoms with Gasteiger partial charge in [0.2, 0.25) is 0 Å². The Labute approximate surface area is 90.4 Å². The molecular weight excluding hydrogens is 186 g/mol. The maximum Gasteiger partial charge on any atom is 0.124 e. The van der Waals surface area contributed by atoms with Crippen LogP contribution >= 0.6 is 0 Å². The fourth-order valence-corrected chi connectivity index (χ4v) is 3.07. The number of anilines is 1. The first-order chi connectivity index (χ1) is 7.36. The Balaban J connectivity index is 2.05. The van der Waals surface area contributed by atoms with Crippen molar-refractivity contribution in [2.24, 2.45) is 5.92 Å². The lowest BCUT2D eigenvalue weighted by molar-refractivity contribution is 0.158. The zero-order valence-corrected chi connectivity index (χ0v) is 8.91. The van der Waals surface area contributed by atoms with Crippen LogP contribution in [0.2, 0.25) is 0 Å². The summed E-state index contributed by atoms with van der Waals surface area (Å²) in [6, 6.07) is 6.03. The van der Waals surface area contributed by atoms with E-state index in [1.54, 1.807) is 0 Å². The molecule has 2 heteroatoms. The van der Waals surface area contributed by atoms with E-state index in [9.17, 15) is 0 Å². The third-order valence-corrected chi connectivity index (χ3v) is 3.83. The zero-order chi connectivity index (χ0) is 10.3. The summed E-state index contributed by atoms with van der Waals surface area (Å²) in [7, 11) is 0. The Bertz CT molecular complexity index is 375. The van der Waals surface area contributed by atoms with Gasteiger partial charge in [0.1, 0.15) is 5.75 Å². The van der Waals surface area contributed by atoms with Crippen LogP contribution in [0.3, 0.4) is 0 Å². The number of hydrogen-bond acceptors (Lipinski definition) is 2. The fraction of sp³-hybridized carbons (Fsp3) is 0.538. The predicted molar refractivity (Wildman–Crippen MR) is 61.0 cm³/mol. The second-order valence-electron chi connectivity index (χ2n) is 4.72. The maximum absolute atomic E-state index is 6.07. The molecule has 15 heavy (non-hydrogen) atoms. The van der Waals surface area contributed by atoms with E-state index in [1.165, 1.54) is 31.2 Å². The molecule has 1 fully saturated rings. The van der Waals surface area contributed by atoms with Gasteiger partial charge >= 0.3 is 0 Å².